The van der Waals surface area contributed by atoms with Gasteiger partial charge in [0, 0.05) is 39.6 Å². The summed E-state index contributed by atoms with van der Waals surface area (Å²) in [5.74, 6) is 0. The van der Waals surface area contributed by atoms with Crippen LogP contribution >= 0.6 is 0 Å². The average Bonchev–Trinajstić information content (AvgIpc) is 0. The molecule has 0 saturated carbocycles. The predicted molar refractivity (Wildman–Crippen MR) is 1.37 cm³/mol. The zero-order valence-corrected chi connectivity index (χ0v) is 5.52. The van der Waals surface area contributed by atoms with E-state index in [0.29, 0.717) is 0 Å². The molecule has 34 valence electrons. The van der Waals surface area contributed by atoms with Crippen molar-refractivity contribution in [3.63, 3.8) is 0 Å². The third-order valence-corrected chi connectivity index (χ3v) is 0. The van der Waals surface area contributed by atoms with Gasteiger partial charge in [-0.3, -0.25) is 0 Å². The molecule has 0 aliphatic rings. The van der Waals surface area contributed by atoms with Crippen molar-refractivity contribution >= 4 is 0 Å². The van der Waals surface area contributed by atoms with Crippen LogP contribution in [-0.2, 0) is 50.5 Å². The maximum Gasteiger partial charge on any atom is 0 e. The molecule has 0 unspecified atom stereocenters. The molecule has 0 aliphatic carbocycles. The third-order valence-electron chi connectivity index (χ3n) is 0. The van der Waals surface area contributed by atoms with E-state index in [0.717, 1.165) is 0 Å². The normalized spacial score (nSPS) is 0. The molecule has 0 atom stereocenters. The van der Waals surface area contributed by atoms with Crippen molar-refractivity contribution in [2.75, 3.05) is 0 Å². The van der Waals surface area contributed by atoms with Gasteiger partial charge in [0.15, 0.2) is 0 Å². The zero-order chi connectivity index (χ0) is 0. The van der Waals surface area contributed by atoms with Crippen LogP contribution in [-0.4, -0.2) is 0 Å². The quantitative estimate of drug-likeness (QED) is 0.552. The van der Waals surface area contributed by atoms with Crippen LogP contribution in [0.1, 0.15) is 0 Å². The summed E-state index contributed by atoms with van der Waals surface area (Å²) in [5.41, 5.74) is 0. The van der Waals surface area contributed by atoms with Gasteiger partial charge in [0.2, 0.25) is 0 Å². The summed E-state index contributed by atoms with van der Waals surface area (Å²) in [4.78, 5) is 0. The first-order chi connectivity index (χ1) is 0. The van der Waals surface area contributed by atoms with Crippen molar-refractivity contribution in [3.05, 3.63) is 0 Å². The van der Waals surface area contributed by atoms with Crippen molar-refractivity contribution in [1.29, 1.82) is 0 Å². The van der Waals surface area contributed by atoms with Crippen LogP contribution in [0.4, 0.5) is 0 Å². The van der Waals surface area contributed by atoms with Gasteiger partial charge >= 0.3 is 0 Å². The SMILES string of the molecule is [Ir].[O-2].[O-2].[Rh]. The molecule has 0 fully saturated rings. The van der Waals surface area contributed by atoms with Crippen molar-refractivity contribution in [1.82, 2.24) is 0 Å². The molecule has 0 aromatic carbocycles. The number of hydrogen-bond donors (Lipinski definition) is 0. The minimum atomic E-state index is 0. The molecule has 2 nitrogen and oxygen atoms in total. The Hall–Kier alpha value is 1.19. The smallest absolute Gasteiger partial charge is 0 e. The fourth-order valence-corrected chi connectivity index (χ4v) is 0. The molecule has 0 heterocycles. The molecule has 0 amide bonds. The molecule has 2 radical (unpaired) electrons. The summed E-state index contributed by atoms with van der Waals surface area (Å²) in [5, 5.41) is 0. The first-order valence-corrected chi connectivity index (χ1v) is 0. The first-order valence-electron chi connectivity index (χ1n) is 0. The second-order valence-corrected chi connectivity index (χ2v) is 0. The van der Waals surface area contributed by atoms with Gasteiger partial charge in [-0.05, 0) is 0 Å². The van der Waals surface area contributed by atoms with Gasteiger partial charge < -0.3 is 11.0 Å². The summed E-state index contributed by atoms with van der Waals surface area (Å²) in [6.45, 7) is 0. The van der Waals surface area contributed by atoms with E-state index in [4.69, 9.17) is 0 Å². The summed E-state index contributed by atoms with van der Waals surface area (Å²) < 4.78 is 0. The Morgan fingerprint density at radius 2 is 0.750 bits per heavy atom. The Morgan fingerprint density at radius 3 is 0.750 bits per heavy atom. The largest absolute Gasteiger partial charge is 2.00 e. The molecule has 0 saturated heterocycles. The van der Waals surface area contributed by atoms with Crippen molar-refractivity contribution in [2.45, 2.75) is 0 Å². The van der Waals surface area contributed by atoms with E-state index in [2.05, 4.69) is 0 Å². The van der Waals surface area contributed by atoms with E-state index in [1.54, 1.807) is 0 Å². The monoisotopic (exact) mass is 328 g/mol. The average molecular weight is 327 g/mol. The van der Waals surface area contributed by atoms with Crippen molar-refractivity contribution in [2.24, 2.45) is 0 Å². The molecule has 0 N–H and O–H groups in total. The van der Waals surface area contributed by atoms with Crippen LogP contribution in [0.3, 0.4) is 0 Å². The zero-order valence-electron chi connectivity index (χ0n) is 1.48. The second kappa shape index (κ2) is 30.0. The van der Waals surface area contributed by atoms with Gasteiger partial charge in [0.25, 0.3) is 0 Å². The maximum absolute atomic E-state index is 0. The predicted octanol–water partition coefficient (Wildman–Crippen LogP) is -0.243. The number of rotatable bonds is 0. The molecule has 4 heteroatoms. The Labute approximate surface area is 50.7 Å². The fourth-order valence-electron chi connectivity index (χ4n) is 0. The molecule has 0 aromatic rings. The van der Waals surface area contributed by atoms with Gasteiger partial charge in [-0.1, -0.05) is 0 Å². The van der Waals surface area contributed by atoms with Gasteiger partial charge in [-0.15, -0.1) is 0 Å². The Balaban J connectivity index is 0. The van der Waals surface area contributed by atoms with Crippen LogP contribution in [0.2, 0.25) is 0 Å². The van der Waals surface area contributed by atoms with Crippen molar-refractivity contribution < 1.29 is 50.5 Å². The minimum absolute atomic E-state index is 0. The summed E-state index contributed by atoms with van der Waals surface area (Å²) in [6, 6.07) is 0. The van der Waals surface area contributed by atoms with E-state index in [9.17, 15) is 0 Å². The van der Waals surface area contributed by atoms with Gasteiger partial charge in [-0.2, -0.15) is 0 Å². The van der Waals surface area contributed by atoms with E-state index in [-0.39, 0.29) is 50.5 Å². The Kier molecular flexibility index (Phi) is 482. The standard InChI is InChI=1S/Ir.2O.Rh/q;2*-2;. The van der Waals surface area contributed by atoms with Gasteiger partial charge in [-0.25, -0.2) is 0 Å². The van der Waals surface area contributed by atoms with Crippen LogP contribution in [0.25, 0.3) is 0 Å². The molecule has 0 aromatic heterocycles. The van der Waals surface area contributed by atoms with Gasteiger partial charge in [0.1, 0.15) is 0 Å². The summed E-state index contributed by atoms with van der Waals surface area (Å²) in [7, 11) is 0. The maximum atomic E-state index is 0. The number of hydrogen-bond acceptors (Lipinski definition) is 0. The van der Waals surface area contributed by atoms with E-state index < -0.39 is 0 Å². The summed E-state index contributed by atoms with van der Waals surface area (Å²) >= 11 is 0. The molecule has 4 heavy (non-hydrogen) atoms. The van der Waals surface area contributed by atoms with Crippen LogP contribution in [0.15, 0.2) is 0 Å². The topological polar surface area (TPSA) is 57.0 Å². The van der Waals surface area contributed by atoms with Crippen LogP contribution in [0.5, 0.6) is 0 Å². The molecular formula is IrO2Rh-4. The first kappa shape index (κ1) is 64.2. The third kappa shape index (κ3) is 10.8. The van der Waals surface area contributed by atoms with Crippen LogP contribution < -0.4 is 0 Å². The van der Waals surface area contributed by atoms with E-state index in [1.165, 1.54) is 0 Å². The van der Waals surface area contributed by atoms with Crippen molar-refractivity contribution in [3.8, 4) is 0 Å². The fraction of sp³-hybridized carbons (Fsp3) is 0. The van der Waals surface area contributed by atoms with Crippen LogP contribution in [0, 0.1) is 0 Å². The minimum Gasteiger partial charge on any atom is -2.00 e. The Morgan fingerprint density at radius 1 is 0.750 bits per heavy atom. The van der Waals surface area contributed by atoms with Gasteiger partial charge in [0.05, 0.1) is 0 Å². The Bertz CT molecular complexity index is 6.00. The molecular weight excluding hydrogens is 327 g/mol. The molecule has 0 spiro atoms. The molecule has 0 bridgehead atoms. The van der Waals surface area contributed by atoms with E-state index in [1.807, 2.05) is 0 Å². The van der Waals surface area contributed by atoms with E-state index >= 15 is 0 Å². The molecule has 0 aliphatic heterocycles. The molecule has 0 rings (SSSR count). The second-order valence-electron chi connectivity index (χ2n) is 0. The summed E-state index contributed by atoms with van der Waals surface area (Å²) in [6.07, 6.45) is 0.